The molecule has 1 aliphatic carbocycles. The van der Waals surface area contributed by atoms with Gasteiger partial charge in [0.1, 0.15) is 5.69 Å². The largest absolute Gasteiger partial charge is 0.399 e. The Hall–Kier alpha value is -1.36. The van der Waals surface area contributed by atoms with Crippen LogP contribution in [0.1, 0.15) is 12.8 Å². The number of nitrogens with one attached hydrogen (secondary N) is 1. The number of halogens is 2. The first-order valence-electron chi connectivity index (χ1n) is 4.75. The molecule has 0 atom stereocenters. The number of rotatable bonds is 2. The van der Waals surface area contributed by atoms with Gasteiger partial charge in [-0.25, -0.2) is 8.78 Å². The number of benzene rings is 1. The van der Waals surface area contributed by atoms with Gasteiger partial charge in [-0.05, 0) is 25.0 Å². The third kappa shape index (κ3) is 2.02. The first-order valence-corrected chi connectivity index (χ1v) is 4.75. The molecule has 0 amide bonds. The van der Waals surface area contributed by atoms with Crippen LogP contribution in [0.3, 0.4) is 0 Å². The summed E-state index contributed by atoms with van der Waals surface area (Å²) >= 11 is 0. The molecule has 0 saturated heterocycles. The van der Waals surface area contributed by atoms with Crippen LogP contribution in [-0.4, -0.2) is 17.3 Å². The highest BCUT2D eigenvalue weighted by Gasteiger charge is 2.28. The maximum absolute atomic E-state index is 13.3. The topological polar surface area (TPSA) is 58.3 Å². The molecule has 5 heteroatoms. The molecule has 1 aliphatic rings. The van der Waals surface area contributed by atoms with Gasteiger partial charge in [0.2, 0.25) is 0 Å². The van der Waals surface area contributed by atoms with Crippen LogP contribution >= 0.6 is 0 Å². The summed E-state index contributed by atoms with van der Waals surface area (Å²) in [6.45, 7) is 0. The maximum Gasteiger partial charge on any atom is 0.151 e. The first kappa shape index (κ1) is 10.2. The fourth-order valence-corrected chi connectivity index (χ4v) is 1.64. The highest BCUT2D eigenvalue weighted by atomic mass is 19.1. The number of nitrogen functional groups attached to an aromatic ring is 1. The van der Waals surface area contributed by atoms with Gasteiger partial charge < -0.3 is 16.2 Å². The molecule has 0 radical (unpaired) electrons. The molecule has 0 aliphatic heterocycles. The Balaban J connectivity index is 2.14. The lowest BCUT2D eigenvalue weighted by atomic mass is 9.89. The zero-order chi connectivity index (χ0) is 11.0. The molecule has 1 aromatic rings. The lowest BCUT2D eigenvalue weighted by Gasteiger charge is -2.33. The van der Waals surface area contributed by atoms with Gasteiger partial charge in [0.25, 0.3) is 0 Å². The average molecular weight is 214 g/mol. The second-order valence-corrected chi connectivity index (χ2v) is 3.83. The fraction of sp³-hybridized carbons (Fsp3) is 0.400. The van der Waals surface area contributed by atoms with E-state index in [2.05, 4.69) is 5.32 Å². The monoisotopic (exact) mass is 214 g/mol. The summed E-state index contributed by atoms with van der Waals surface area (Å²) in [4.78, 5) is 0. The first-order chi connectivity index (χ1) is 7.06. The normalized spacial score (nSPS) is 24.7. The van der Waals surface area contributed by atoms with Crippen LogP contribution in [0, 0.1) is 11.6 Å². The van der Waals surface area contributed by atoms with Crippen LogP contribution in [-0.2, 0) is 0 Å². The number of nitrogens with two attached hydrogens (primary N) is 1. The van der Waals surface area contributed by atoms with E-state index in [4.69, 9.17) is 10.8 Å². The predicted octanol–water partition coefficient (Wildman–Crippen LogP) is 1.48. The maximum atomic E-state index is 13.3. The second-order valence-electron chi connectivity index (χ2n) is 3.83. The number of anilines is 2. The van der Waals surface area contributed by atoms with E-state index in [0.717, 1.165) is 12.1 Å². The van der Waals surface area contributed by atoms with Crippen molar-refractivity contribution < 1.29 is 13.9 Å². The van der Waals surface area contributed by atoms with E-state index in [0.29, 0.717) is 12.8 Å². The van der Waals surface area contributed by atoms with E-state index in [1.807, 2.05) is 0 Å². The Bertz CT molecular complexity index is 355. The van der Waals surface area contributed by atoms with Gasteiger partial charge >= 0.3 is 0 Å². The smallest absolute Gasteiger partial charge is 0.151 e. The summed E-state index contributed by atoms with van der Waals surface area (Å²) in [5.41, 5.74) is 5.17. The van der Waals surface area contributed by atoms with E-state index in [1.54, 1.807) is 0 Å². The van der Waals surface area contributed by atoms with Crippen LogP contribution < -0.4 is 11.1 Å². The summed E-state index contributed by atoms with van der Waals surface area (Å²) in [6.07, 6.45) is 0.675. The third-order valence-electron chi connectivity index (χ3n) is 2.53. The average Bonchev–Trinajstić information content (AvgIpc) is 2.07. The Morgan fingerprint density at radius 3 is 2.27 bits per heavy atom. The van der Waals surface area contributed by atoms with Crippen LogP contribution in [0.5, 0.6) is 0 Å². The highest BCUT2D eigenvalue weighted by molar-refractivity contribution is 5.54. The van der Waals surface area contributed by atoms with Crippen LogP contribution in [0.4, 0.5) is 20.2 Å². The van der Waals surface area contributed by atoms with Crippen molar-refractivity contribution in [2.24, 2.45) is 0 Å². The van der Waals surface area contributed by atoms with Crippen LogP contribution in [0.25, 0.3) is 0 Å². The van der Waals surface area contributed by atoms with E-state index in [-0.39, 0.29) is 23.5 Å². The second kappa shape index (κ2) is 3.66. The van der Waals surface area contributed by atoms with Crippen molar-refractivity contribution in [1.29, 1.82) is 0 Å². The van der Waals surface area contributed by atoms with E-state index in [9.17, 15) is 8.78 Å². The summed E-state index contributed by atoms with van der Waals surface area (Å²) in [7, 11) is 0. The van der Waals surface area contributed by atoms with Crippen molar-refractivity contribution in [1.82, 2.24) is 0 Å². The highest BCUT2D eigenvalue weighted by Crippen LogP contribution is 2.28. The molecule has 1 saturated carbocycles. The Kier molecular flexibility index (Phi) is 2.48. The molecule has 0 bridgehead atoms. The van der Waals surface area contributed by atoms with E-state index < -0.39 is 11.6 Å². The van der Waals surface area contributed by atoms with Gasteiger partial charge in [0, 0.05) is 11.7 Å². The zero-order valence-corrected chi connectivity index (χ0v) is 8.00. The SMILES string of the molecule is Nc1cc(F)c(NC2CC(O)C2)c(F)c1. The standard InChI is InChI=1S/C10H12F2N2O/c11-8-1-5(13)2-9(12)10(8)14-6-3-7(15)4-6/h1-2,6-7,14-15H,3-4,13H2. The number of hydrogen-bond donors (Lipinski definition) is 3. The van der Waals surface area contributed by atoms with Crippen molar-refractivity contribution >= 4 is 11.4 Å². The summed E-state index contributed by atoms with van der Waals surface area (Å²) in [5, 5.41) is 11.7. The lowest BCUT2D eigenvalue weighted by Crippen LogP contribution is -2.39. The molecule has 3 nitrogen and oxygen atoms in total. The minimum Gasteiger partial charge on any atom is -0.399 e. The third-order valence-corrected chi connectivity index (χ3v) is 2.53. The molecule has 1 fully saturated rings. The van der Waals surface area contributed by atoms with Gasteiger partial charge in [0.15, 0.2) is 11.6 Å². The fourth-order valence-electron chi connectivity index (χ4n) is 1.64. The van der Waals surface area contributed by atoms with Gasteiger partial charge in [-0.3, -0.25) is 0 Å². The quantitative estimate of drug-likeness (QED) is 0.653. The molecule has 82 valence electrons. The predicted molar refractivity (Wildman–Crippen MR) is 53.4 cm³/mol. The number of aliphatic hydroxyl groups is 1. The van der Waals surface area contributed by atoms with Crippen molar-refractivity contribution in [3.05, 3.63) is 23.8 Å². The number of hydrogen-bond acceptors (Lipinski definition) is 3. The van der Waals surface area contributed by atoms with Gasteiger partial charge in [-0.2, -0.15) is 0 Å². The van der Waals surface area contributed by atoms with Crippen molar-refractivity contribution in [2.45, 2.75) is 25.0 Å². The molecule has 0 heterocycles. The van der Waals surface area contributed by atoms with Crippen LogP contribution in [0.15, 0.2) is 12.1 Å². The molecule has 0 spiro atoms. The van der Waals surface area contributed by atoms with Crippen LogP contribution in [0.2, 0.25) is 0 Å². The van der Waals surface area contributed by atoms with Gasteiger partial charge in [-0.1, -0.05) is 0 Å². The molecular formula is C10H12F2N2O. The van der Waals surface area contributed by atoms with Crippen molar-refractivity contribution in [2.75, 3.05) is 11.1 Å². The Morgan fingerprint density at radius 1 is 1.27 bits per heavy atom. The van der Waals surface area contributed by atoms with Gasteiger partial charge in [-0.15, -0.1) is 0 Å². The molecule has 1 aromatic carbocycles. The molecule has 15 heavy (non-hydrogen) atoms. The Morgan fingerprint density at radius 2 is 1.80 bits per heavy atom. The summed E-state index contributed by atoms with van der Waals surface area (Å²) in [5.74, 6) is -1.40. The van der Waals surface area contributed by atoms with E-state index in [1.165, 1.54) is 0 Å². The molecule has 0 aromatic heterocycles. The number of aliphatic hydroxyl groups excluding tert-OH is 1. The molecule has 0 unspecified atom stereocenters. The minimum absolute atomic E-state index is 0.0594. The van der Waals surface area contributed by atoms with Gasteiger partial charge in [0.05, 0.1) is 6.10 Å². The molecule has 2 rings (SSSR count). The van der Waals surface area contributed by atoms with Crippen molar-refractivity contribution in [3.63, 3.8) is 0 Å². The Labute approximate surface area is 85.9 Å². The minimum atomic E-state index is -0.700. The zero-order valence-electron chi connectivity index (χ0n) is 8.00. The summed E-state index contributed by atoms with van der Waals surface area (Å²) < 4.78 is 26.6. The summed E-state index contributed by atoms with van der Waals surface area (Å²) in [6, 6.07) is 2.08. The van der Waals surface area contributed by atoms with E-state index >= 15 is 0 Å². The molecule has 4 N–H and O–H groups in total. The van der Waals surface area contributed by atoms with Crippen molar-refractivity contribution in [3.8, 4) is 0 Å². The molecular weight excluding hydrogens is 202 g/mol. The lowest BCUT2D eigenvalue weighted by molar-refractivity contribution is 0.0834.